The van der Waals surface area contributed by atoms with E-state index in [2.05, 4.69) is 4.90 Å². The molecule has 2 aromatic rings. The lowest BCUT2D eigenvalue weighted by atomic mass is 9.89. The Morgan fingerprint density at radius 2 is 2.14 bits per heavy atom. The molecular weight excluding hydrogens is 361 g/mol. The molecule has 28 heavy (non-hydrogen) atoms. The van der Waals surface area contributed by atoms with Gasteiger partial charge in [0.15, 0.2) is 17.3 Å². The molecule has 1 saturated heterocycles. The Kier molecular flexibility index (Phi) is 7.01. The van der Waals surface area contributed by atoms with E-state index in [9.17, 15) is 9.18 Å². The Hall–Kier alpha value is -2.44. The Bertz CT molecular complexity index is 811. The molecule has 0 bridgehead atoms. The van der Waals surface area contributed by atoms with Crippen LogP contribution in [0.4, 0.5) is 4.39 Å². The van der Waals surface area contributed by atoms with E-state index in [4.69, 9.17) is 14.6 Å². The number of aliphatic hydroxyl groups is 1. The summed E-state index contributed by atoms with van der Waals surface area (Å²) in [6.45, 7) is 2.53. The summed E-state index contributed by atoms with van der Waals surface area (Å²) in [5.74, 6) is 0.192. The number of Topliss-reactive ketones (excluding diaryl/α,β-unsaturated/α-hetero) is 1. The molecule has 5 nitrogen and oxygen atoms in total. The summed E-state index contributed by atoms with van der Waals surface area (Å²) in [4.78, 5) is 15.1. The Morgan fingerprint density at radius 3 is 2.89 bits per heavy atom. The highest BCUT2D eigenvalue weighted by Gasteiger charge is 2.27. The maximum atomic E-state index is 14.0. The van der Waals surface area contributed by atoms with Gasteiger partial charge < -0.3 is 14.6 Å². The van der Waals surface area contributed by atoms with E-state index in [-0.39, 0.29) is 30.7 Å². The molecule has 6 heteroatoms. The third kappa shape index (κ3) is 5.09. The quantitative estimate of drug-likeness (QED) is 0.705. The van der Waals surface area contributed by atoms with Gasteiger partial charge >= 0.3 is 0 Å². The molecule has 0 saturated carbocycles. The maximum absolute atomic E-state index is 14.0. The first-order chi connectivity index (χ1) is 13.6. The topological polar surface area (TPSA) is 59.0 Å². The molecule has 1 N–H and O–H groups in total. The molecule has 0 aromatic heterocycles. The van der Waals surface area contributed by atoms with Crippen molar-refractivity contribution in [2.45, 2.75) is 19.4 Å². The van der Waals surface area contributed by atoms with Gasteiger partial charge in [-0.25, -0.2) is 4.39 Å². The molecule has 0 radical (unpaired) electrons. The van der Waals surface area contributed by atoms with Crippen LogP contribution in [0.1, 0.15) is 28.8 Å². The average Bonchev–Trinajstić information content (AvgIpc) is 2.72. The van der Waals surface area contributed by atoms with Gasteiger partial charge in [-0.2, -0.15) is 0 Å². The fourth-order valence-electron chi connectivity index (χ4n) is 3.62. The highest BCUT2D eigenvalue weighted by molar-refractivity contribution is 5.98. The van der Waals surface area contributed by atoms with Gasteiger partial charge in [0.25, 0.3) is 0 Å². The van der Waals surface area contributed by atoms with Crippen LogP contribution >= 0.6 is 0 Å². The van der Waals surface area contributed by atoms with Gasteiger partial charge in [-0.15, -0.1) is 0 Å². The lowest BCUT2D eigenvalue weighted by Gasteiger charge is -2.32. The molecule has 2 aromatic carbocycles. The average molecular weight is 387 g/mol. The van der Waals surface area contributed by atoms with Crippen molar-refractivity contribution in [3.8, 4) is 11.5 Å². The number of carbonyl (C=O) groups excluding carboxylic acids is 1. The van der Waals surface area contributed by atoms with Crippen LogP contribution < -0.4 is 9.47 Å². The number of carbonyl (C=O) groups is 1. The summed E-state index contributed by atoms with van der Waals surface area (Å²) < 4.78 is 24.3. The Morgan fingerprint density at radius 1 is 1.29 bits per heavy atom. The van der Waals surface area contributed by atoms with E-state index in [1.807, 2.05) is 24.3 Å². The molecule has 1 atom stereocenters. The fraction of sp³-hybridized carbons (Fsp3) is 0.409. The number of hydrogen-bond acceptors (Lipinski definition) is 5. The van der Waals surface area contributed by atoms with Crippen LogP contribution in [0.25, 0.3) is 0 Å². The second-order valence-electron chi connectivity index (χ2n) is 7.01. The minimum atomic E-state index is -0.513. The minimum Gasteiger partial charge on any atom is -0.494 e. The number of ether oxygens (including phenoxy) is 2. The largest absolute Gasteiger partial charge is 0.494 e. The molecule has 1 heterocycles. The molecular formula is C22H26FNO4. The summed E-state index contributed by atoms with van der Waals surface area (Å²) >= 11 is 0. The second-order valence-corrected chi connectivity index (χ2v) is 7.01. The number of likely N-dealkylation sites (tertiary alicyclic amines) is 1. The fourth-order valence-corrected chi connectivity index (χ4v) is 3.62. The number of hydrogen-bond donors (Lipinski definition) is 1. The smallest absolute Gasteiger partial charge is 0.167 e. The van der Waals surface area contributed by atoms with Crippen molar-refractivity contribution in [1.82, 2.24) is 4.90 Å². The lowest BCUT2D eigenvalue weighted by molar-refractivity contribution is 0.0811. The normalized spacial score (nSPS) is 17.3. The van der Waals surface area contributed by atoms with Crippen LogP contribution in [0.15, 0.2) is 42.5 Å². The zero-order valence-electron chi connectivity index (χ0n) is 16.1. The molecule has 3 rings (SSSR count). The molecule has 0 amide bonds. The monoisotopic (exact) mass is 387 g/mol. The zero-order valence-corrected chi connectivity index (χ0v) is 16.1. The summed E-state index contributed by atoms with van der Waals surface area (Å²) in [7, 11) is 1.41. The van der Waals surface area contributed by atoms with E-state index in [1.54, 1.807) is 6.07 Å². The lowest BCUT2D eigenvalue weighted by Crippen LogP contribution is -2.38. The van der Waals surface area contributed by atoms with E-state index >= 15 is 0 Å². The first-order valence-electron chi connectivity index (χ1n) is 9.53. The van der Waals surface area contributed by atoms with Gasteiger partial charge in [0.05, 0.1) is 13.7 Å². The van der Waals surface area contributed by atoms with Crippen LogP contribution in [-0.4, -0.2) is 49.2 Å². The summed E-state index contributed by atoms with van der Waals surface area (Å²) in [5.41, 5.74) is 1.49. The van der Waals surface area contributed by atoms with Crippen molar-refractivity contribution in [3.05, 3.63) is 59.4 Å². The van der Waals surface area contributed by atoms with E-state index in [1.165, 1.54) is 19.2 Å². The number of ketones is 1. The van der Waals surface area contributed by atoms with Crippen LogP contribution in [0, 0.1) is 11.7 Å². The predicted molar refractivity (Wildman–Crippen MR) is 104 cm³/mol. The van der Waals surface area contributed by atoms with Gasteiger partial charge in [-0.1, -0.05) is 12.1 Å². The number of methoxy groups -OCH3 is 1. The maximum Gasteiger partial charge on any atom is 0.167 e. The Labute approximate surface area is 164 Å². The molecule has 0 spiro atoms. The first kappa shape index (κ1) is 20.3. The zero-order chi connectivity index (χ0) is 19.9. The first-order valence-corrected chi connectivity index (χ1v) is 9.53. The summed E-state index contributed by atoms with van der Waals surface area (Å²) in [5, 5.41) is 8.88. The third-order valence-electron chi connectivity index (χ3n) is 4.98. The van der Waals surface area contributed by atoms with Gasteiger partial charge in [0.2, 0.25) is 0 Å². The molecule has 150 valence electrons. The van der Waals surface area contributed by atoms with Gasteiger partial charge in [-0.05, 0) is 55.3 Å². The van der Waals surface area contributed by atoms with Gasteiger partial charge in [-0.3, -0.25) is 9.69 Å². The summed E-state index contributed by atoms with van der Waals surface area (Å²) in [6, 6.07) is 12.2. The predicted octanol–water partition coefficient (Wildman–Crippen LogP) is 3.30. The van der Waals surface area contributed by atoms with Crippen molar-refractivity contribution >= 4 is 5.78 Å². The van der Waals surface area contributed by atoms with Crippen LogP contribution in [0.5, 0.6) is 11.5 Å². The van der Waals surface area contributed by atoms with Crippen molar-refractivity contribution in [2.75, 3.05) is 33.4 Å². The van der Waals surface area contributed by atoms with E-state index < -0.39 is 5.82 Å². The number of piperidine rings is 1. The highest BCUT2D eigenvalue weighted by atomic mass is 19.1. The van der Waals surface area contributed by atoms with Gasteiger partial charge in [0.1, 0.15) is 12.4 Å². The number of halogens is 1. The minimum absolute atomic E-state index is 0.0217. The third-order valence-corrected chi connectivity index (χ3v) is 4.98. The van der Waals surface area contributed by atoms with Gasteiger partial charge in [0, 0.05) is 24.6 Å². The van der Waals surface area contributed by atoms with E-state index in [0.29, 0.717) is 12.1 Å². The molecule has 1 aliphatic rings. The number of benzene rings is 2. The number of aliphatic hydroxyl groups excluding tert-OH is 1. The SMILES string of the molecule is COc1ccc(C(=O)C2CCCN(Cc3cccc(OCCO)c3)C2)cc1F. The molecule has 1 fully saturated rings. The van der Waals surface area contributed by atoms with E-state index in [0.717, 1.165) is 37.2 Å². The van der Waals surface area contributed by atoms with Crippen LogP contribution in [-0.2, 0) is 6.54 Å². The summed E-state index contributed by atoms with van der Waals surface area (Å²) in [6.07, 6.45) is 1.73. The van der Waals surface area contributed by atoms with Crippen molar-refractivity contribution in [1.29, 1.82) is 0 Å². The van der Waals surface area contributed by atoms with Crippen molar-refractivity contribution < 1.29 is 23.8 Å². The van der Waals surface area contributed by atoms with Crippen LogP contribution in [0.3, 0.4) is 0 Å². The van der Waals surface area contributed by atoms with Crippen molar-refractivity contribution in [2.24, 2.45) is 5.92 Å². The second kappa shape index (κ2) is 9.66. The van der Waals surface area contributed by atoms with Crippen LogP contribution in [0.2, 0.25) is 0 Å². The molecule has 0 aliphatic carbocycles. The molecule has 1 unspecified atom stereocenters. The Balaban J connectivity index is 1.64. The van der Waals surface area contributed by atoms with Crippen molar-refractivity contribution in [3.63, 3.8) is 0 Å². The number of nitrogens with zero attached hydrogens (tertiary/aromatic N) is 1. The standard InChI is InChI=1S/C22H26FNO4/c1-27-21-8-7-17(13-20(21)23)22(26)18-5-3-9-24(15-18)14-16-4-2-6-19(12-16)28-11-10-25/h2,4,6-8,12-13,18,25H,3,5,9-11,14-15H2,1H3. The number of rotatable bonds is 8. The molecule has 1 aliphatic heterocycles. The highest BCUT2D eigenvalue weighted by Crippen LogP contribution is 2.25.